The van der Waals surface area contributed by atoms with Crippen LogP contribution >= 0.6 is 15.9 Å². The minimum Gasteiger partial charge on any atom is -0.497 e. The van der Waals surface area contributed by atoms with E-state index in [1.807, 2.05) is 7.05 Å². The van der Waals surface area contributed by atoms with E-state index in [-0.39, 0.29) is 4.90 Å². The molecule has 0 spiro atoms. The van der Waals surface area contributed by atoms with Crippen LogP contribution in [0, 0.1) is 0 Å². The second kappa shape index (κ2) is 6.43. The van der Waals surface area contributed by atoms with Crippen LogP contribution in [0.2, 0.25) is 0 Å². The molecule has 20 heavy (non-hydrogen) atoms. The van der Waals surface area contributed by atoms with E-state index < -0.39 is 10.0 Å². The van der Waals surface area contributed by atoms with Crippen molar-refractivity contribution in [1.82, 2.24) is 9.62 Å². The molecule has 0 saturated carbocycles. The molecule has 0 aliphatic carbocycles. The first kappa shape index (κ1) is 15.8. The second-order valence-electron chi connectivity index (χ2n) is 4.76. The lowest BCUT2D eigenvalue weighted by atomic mass is 10.1. The van der Waals surface area contributed by atoms with Crippen molar-refractivity contribution in [3.63, 3.8) is 0 Å². The number of sulfonamides is 1. The van der Waals surface area contributed by atoms with E-state index >= 15 is 0 Å². The van der Waals surface area contributed by atoms with Crippen LogP contribution in [-0.2, 0) is 10.0 Å². The summed E-state index contributed by atoms with van der Waals surface area (Å²) in [7, 11) is -0.0422. The Labute approximate surface area is 128 Å². The van der Waals surface area contributed by atoms with E-state index in [0.717, 1.165) is 12.8 Å². The normalized spacial score (nSPS) is 18.1. The number of hydrogen-bond acceptors (Lipinski definition) is 4. The third kappa shape index (κ3) is 3.16. The quantitative estimate of drug-likeness (QED) is 0.887. The van der Waals surface area contributed by atoms with E-state index in [0.29, 0.717) is 29.4 Å². The molecule has 7 heteroatoms. The lowest BCUT2D eigenvalue weighted by Gasteiger charge is -2.31. The average molecular weight is 363 g/mol. The molecule has 1 N–H and O–H groups in total. The number of nitrogens with zero attached hydrogens (tertiary/aromatic N) is 1. The van der Waals surface area contributed by atoms with Gasteiger partial charge < -0.3 is 10.1 Å². The Morgan fingerprint density at radius 3 is 2.55 bits per heavy atom. The van der Waals surface area contributed by atoms with Gasteiger partial charge in [-0.05, 0) is 48.0 Å². The SMILES string of the molecule is CNC1CCN(S(=O)(=O)c2cc(OC)ccc2Br)CC1. The van der Waals surface area contributed by atoms with Gasteiger partial charge in [0.05, 0.1) is 7.11 Å². The molecule has 1 aromatic carbocycles. The summed E-state index contributed by atoms with van der Waals surface area (Å²) in [5, 5.41) is 3.19. The van der Waals surface area contributed by atoms with Gasteiger partial charge >= 0.3 is 0 Å². The maximum absolute atomic E-state index is 12.7. The lowest BCUT2D eigenvalue weighted by Crippen LogP contribution is -2.43. The Kier molecular flexibility index (Phi) is 5.06. The zero-order valence-electron chi connectivity index (χ0n) is 11.6. The summed E-state index contributed by atoms with van der Waals surface area (Å²) in [6.07, 6.45) is 1.66. The van der Waals surface area contributed by atoms with Crippen molar-refractivity contribution in [2.45, 2.75) is 23.8 Å². The highest BCUT2D eigenvalue weighted by molar-refractivity contribution is 9.10. The molecule has 5 nitrogen and oxygen atoms in total. The number of piperidine rings is 1. The number of ether oxygens (including phenoxy) is 1. The van der Waals surface area contributed by atoms with Crippen LogP contribution in [-0.4, -0.2) is 46.0 Å². The van der Waals surface area contributed by atoms with Crippen molar-refractivity contribution in [1.29, 1.82) is 0 Å². The monoisotopic (exact) mass is 362 g/mol. The highest BCUT2D eigenvalue weighted by Gasteiger charge is 2.30. The largest absolute Gasteiger partial charge is 0.497 e. The first-order chi connectivity index (χ1) is 9.48. The Bertz CT molecular complexity index is 569. The molecule has 0 aromatic heterocycles. The fourth-order valence-corrected chi connectivity index (χ4v) is 4.74. The maximum Gasteiger partial charge on any atom is 0.244 e. The minimum atomic E-state index is -3.48. The summed E-state index contributed by atoms with van der Waals surface area (Å²) < 4.78 is 32.6. The molecule has 1 fully saturated rings. The smallest absolute Gasteiger partial charge is 0.244 e. The van der Waals surface area contributed by atoms with Gasteiger partial charge in [0.1, 0.15) is 10.6 Å². The van der Waals surface area contributed by atoms with Gasteiger partial charge in [0.2, 0.25) is 10.0 Å². The van der Waals surface area contributed by atoms with E-state index in [1.54, 1.807) is 22.5 Å². The highest BCUT2D eigenvalue weighted by Crippen LogP contribution is 2.30. The van der Waals surface area contributed by atoms with Crippen LogP contribution in [0.25, 0.3) is 0 Å². The third-order valence-corrected chi connectivity index (χ3v) is 6.51. The number of methoxy groups -OCH3 is 1. The molecular weight excluding hydrogens is 344 g/mol. The summed E-state index contributed by atoms with van der Waals surface area (Å²) >= 11 is 3.31. The van der Waals surface area contributed by atoms with Crippen LogP contribution in [0.15, 0.2) is 27.6 Å². The van der Waals surface area contributed by atoms with Crippen molar-refractivity contribution >= 4 is 26.0 Å². The van der Waals surface area contributed by atoms with E-state index in [2.05, 4.69) is 21.2 Å². The zero-order chi connectivity index (χ0) is 14.8. The summed E-state index contributed by atoms with van der Waals surface area (Å²) in [4.78, 5) is 0.264. The number of benzene rings is 1. The highest BCUT2D eigenvalue weighted by atomic mass is 79.9. The number of halogens is 1. The molecule has 1 aromatic rings. The van der Waals surface area contributed by atoms with Crippen molar-refractivity contribution in [3.8, 4) is 5.75 Å². The molecule has 1 aliphatic rings. The van der Waals surface area contributed by atoms with Gasteiger partial charge in [0.25, 0.3) is 0 Å². The minimum absolute atomic E-state index is 0.264. The Morgan fingerprint density at radius 2 is 2.00 bits per heavy atom. The number of rotatable bonds is 4. The number of hydrogen-bond donors (Lipinski definition) is 1. The van der Waals surface area contributed by atoms with Gasteiger partial charge in [-0.15, -0.1) is 0 Å². The molecule has 1 heterocycles. The molecule has 1 saturated heterocycles. The van der Waals surface area contributed by atoms with Crippen molar-refractivity contribution < 1.29 is 13.2 Å². The molecule has 0 atom stereocenters. The van der Waals surface area contributed by atoms with Crippen molar-refractivity contribution in [2.24, 2.45) is 0 Å². The summed E-state index contributed by atoms with van der Waals surface area (Å²) in [5.74, 6) is 0.539. The van der Waals surface area contributed by atoms with Gasteiger partial charge in [0, 0.05) is 29.7 Å². The fourth-order valence-electron chi connectivity index (χ4n) is 2.33. The Balaban J connectivity index is 2.27. The van der Waals surface area contributed by atoms with E-state index in [4.69, 9.17) is 4.74 Å². The van der Waals surface area contributed by atoms with Crippen molar-refractivity contribution in [2.75, 3.05) is 27.2 Å². The van der Waals surface area contributed by atoms with Gasteiger partial charge in [-0.3, -0.25) is 0 Å². The van der Waals surface area contributed by atoms with Crippen LogP contribution < -0.4 is 10.1 Å². The summed E-state index contributed by atoms with van der Waals surface area (Å²) in [6, 6.07) is 5.39. The average Bonchev–Trinajstić information content (AvgIpc) is 2.47. The Morgan fingerprint density at radius 1 is 1.35 bits per heavy atom. The van der Waals surface area contributed by atoms with Crippen LogP contribution in [0.3, 0.4) is 0 Å². The Hall–Kier alpha value is -0.630. The first-order valence-electron chi connectivity index (χ1n) is 6.50. The summed E-state index contributed by atoms with van der Waals surface area (Å²) in [6.45, 7) is 1.08. The van der Waals surface area contributed by atoms with E-state index in [9.17, 15) is 8.42 Å². The third-order valence-electron chi connectivity index (χ3n) is 3.62. The van der Waals surface area contributed by atoms with Crippen LogP contribution in [0.5, 0.6) is 5.75 Å². The van der Waals surface area contributed by atoms with Crippen LogP contribution in [0.4, 0.5) is 0 Å². The maximum atomic E-state index is 12.7. The topological polar surface area (TPSA) is 58.6 Å². The molecule has 0 bridgehead atoms. The molecule has 1 aliphatic heterocycles. The first-order valence-corrected chi connectivity index (χ1v) is 8.73. The molecular formula is C13H19BrN2O3S. The van der Waals surface area contributed by atoms with Gasteiger partial charge in [-0.25, -0.2) is 8.42 Å². The number of nitrogens with one attached hydrogen (secondary N) is 1. The summed E-state index contributed by atoms with van der Waals surface area (Å²) in [5.41, 5.74) is 0. The van der Waals surface area contributed by atoms with Gasteiger partial charge in [-0.1, -0.05) is 0 Å². The predicted octanol–water partition coefficient (Wildman–Crippen LogP) is 1.83. The zero-order valence-corrected chi connectivity index (χ0v) is 14.0. The molecule has 0 radical (unpaired) electrons. The molecule has 0 unspecified atom stereocenters. The standard InChI is InChI=1S/C13H19BrN2O3S/c1-15-10-5-7-16(8-6-10)20(17,18)13-9-11(19-2)3-4-12(13)14/h3-4,9-10,15H,5-8H2,1-2H3. The predicted molar refractivity (Wildman–Crippen MR) is 81.5 cm³/mol. The van der Waals surface area contributed by atoms with E-state index in [1.165, 1.54) is 7.11 Å². The molecule has 0 amide bonds. The fraction of sp³-hybridized carbons (Fsp3) is 0.538. The van der Waals surface area contributed by atoms with Gasteiger partial charge in [-0.2, -0.15) is 4.31 Å². The van der Waals surface area contributed by atoms with Gasteiger partial charge in [0.15, 0.2) is 0 Å². The molecule has 112 valence electrons. The van der Waals surface area contributed by atoms with Crippen molar-refractivity contribution in [3.05, 3.63) is 22.7 Å². The molecule has 2 rings (SSSR count). The second-order valence-corrected chi connectivity index (χ2v) is 7.52. The lowest BCUT2D eigenvalue weighted by molar-refractivity contribution is 0.298. The van der Waals surface area contributed by atoms with Crippen LogP contribution in [0.1, 0.15) is 12.8 Å².